The van der Waals surface area contributed by atoms with Crippen molar-refractivity contribution in [3.63, 3.8) is 0 Å². The van der Waals surface area contributed by atoms with Gasteiger partial charge in [0.15, 0.2) is 12.0 Å². The molecule has 138 valence electrons. The van der Waals surface area contributed by atoms with E-state index in [1.54, 1.807) is 12.1 Å². The molecule has 27 heavy (non-hydrogen) atoms. The van der Waals surface area contributed by atoms with Crippen molar-refractivity contribution in [2.45, 2.75) is 6.18 Å². The maximum atomic E-state index is 13.2. The van der Waals surface area contributed by atoms with E-state index in [-0.39, 0.29) is 27.5 Å². The summed E-state index contributed by atoms with van der Waals surface area (Å²) in [7, 11) is 0. The molecule has 0 bridgehead atoms. The summed E-state index contributed by atoms with van der Waals surface area (Å²) < 4.78 is 40.1. The van der Waals surface area contributed by atoms with Crippen molar-refractivity contribution in [2.24, 2.45) is 0 Å². The minimum atomic E-state index is -4.71. The molecular weight excluding hydrogens is 381 g/mol. The van der Waals surface area contributed by atoms with Crippen LogP contribution in [0.2, 0.25) is 5.02 Å². The quantitative estimate of drug-likeness (QED) is 0.406. The predicted octanol–water partition coefficient (Wildman–Crippen LogP) is 4.47. The van der Waals surface area contributed by atoms with E-state index in [9.17, 15) is 23.2 Å². The van der Waals surface area contributed by atoms with E-state index in [4.69, 9.17) is 17.3 Å². The Morgan fingerprint density at radius 2 is 1.63 bits per heavy atom. The van der Waals surface area contributed by atoms with Crippen molar-refractivity contribution >= 4 is 23.1 Å². The van der Waals surface area contributed by atoms with Gasteiger partial charge in [0.2, 0.25) is 5.69 Å². The number of hydrogen-bond acceptors (Lipinski definition) is 3. The van der Waals surface area contributed by atoms with Crippen LogP contribution >= 0.6 is 11.6 Å². The molecule has 0 unspecified atom stereocenters. The van der Waals surface area contributed by atoms with Gasteiger partial charge < -0.3 is 10.9 Å². The number of hydrogen-bond donors (Lipinski definition) is 1. The number of rotatable bonds is 3. The van der Waals surface area contributed by atoms with Gasteiger partial charge in [-0.2, -0.15) is 17.9 Å². The Hall–Kier alpha value is -3.06. The predicted molar refractivity (Wildman–Crippen MR) is 95.1 cm³/mol. The van der Waals surface area contributed by atoms with Crippen LogP contribution in [0.5, 0.6) is 0 Å². The Morgan fingerprint density at radius 3 is 2.30 bits per heavy atom. The zero-order valence-corrected chi connectivity index (χ0v) is 14.4. The molecule has 0 saturated carbocycles. The highest BCUT2D eigenvalue weighted by atomic mass is 35.5. The number of nitrogens with two attached hydrogens (primary N) is 1. The smallest absolute Gasteiger partial charge is 0.417 e. The number of nitrogen functional groups attached to an aromatic ring is 1. The Bertz CT molecular complexity index is 1040. The highest BCUT2D eigenvalue weighted by Gasteiger charge is 2.36. The number of ketones is 1. The Labute approximate surface area is 157 Å². The van der Waals surface area contributed by atoms with Gasteiger partial charge in [-0.05, 0) is 18.2 Å². The first-order valence-corrected chi connectivity index (χ1v) is 8.07. The fourth-order valence-electron chi connectivity index (χ4n) is 2.74. The second kappa shape index (κ2) is 6.92. The summed E-state index contributed by atoms with van der Waals surface area (Å²) in [6.07, 6.45) is -3.70. The lowest BCUT2D eigenvalue weighted by molar-refractivity contribution is -0.593. The zero-order chi connectivity index (χ0) is 19.8. The number of nitrogens with zero attached hydrogens (tertiary/aromatic N) is 1. The molecule has 0 atom stereocenters. The number of benzene rings is 2. The summed E-state index contributed by atoms with van der Waals surface area (Å²) in [6.45, 7) is 0. The van der Waals surface area contributed by atoms with Crippen LogP contribution in [0.4, 0.5) is 18.9 Å². The van der Waals surface area contributed by atoms with Crippen molar-refractivity contribution in [2.75, 3.05) is 5.73 Å². The van der Waals surface area contributed by atoms with Crippen LogP contribution in [0.15, 0.2) is 60.8 Å². The lowest BCUT2D eigenvalue weighted by atomic mass is 9.96. The highest BCUT2D eigenvalue weighted by molar-refractivity contribution is 6.33. The summed E-state index contributed by atoms with van der Waals surface area (Å²) in [6, 6.07) is 11.8. The van der Waals surface area contributed by atoms with Gasteiger partial charge in [0, 0.05) is 11.6 Å². The zero-order valence-electron chi connectivity index (χ0n) is 13.6. The lowest BCUT2D eigenvalue weighted by Gasteiger charge is -2.14. The molecule has 0 saturated heterocycles. The first-order valence-electron chi connectivity index (χ1n) is 7.69. The molecule has 0 aliphatic heterocycles. The van der Waals surface area contributed by atoms with Crippen LogP contribution in [0, 0.1) is 5.21 Å². The van der Waals surface area contributed by atoms with E-state index < -0.39 is 23.1 Å². The molecule has 0 aliphatic carbocycles. The number of alkyl halides is 3. The maximum absolute atomic E-state index is 13.2. The highest BCUT2D eigenvalue weighted by Crippen LogP contribution is 2.35. The second-order valence-corrected chi connectivity index (χ2v) is 6.08. The summed E-state index contributed by atoms with van der Waals surface area (Å²) >= 11 is 6.10. The fraction of sp³-hybridized carbons (Fsp3) is 0.0526. The largest absolute Gasteiger partial charge is 0.618 e. The van der Waals surface area contributed by atoms with Crippen LogP contribution in [-0.2, 0) is 6.18 Å². The molecule has 0 radical (unpaired) electrons. The van der Waals surface area contributed by atoms with E-state index in [1.807, 2.05) is 0 Å². The minimum Gasteiger partial charge on any atom is -0.618 e. The number of pyridine rings is 1. The number of carbonyl (C=O) groups excluding carboxylic acids is 1. The van der Waals surface area contributed by atoms with E-state index >= 15 is 0 Å². The molecule has 0 fully saturated rings. The topological polar surface area (TPSA) is 70.0 Å². The van der Waals surface area contributed by atoms with Gasteiger partial charge >= 0.3 is 6.18 Å². The van der Waals surface area contributed by atoms with Gasteiger partial charge in [0.1, 0.15) is 5.69 Å². The van der Waals surface area contributed by atoms with E-state index in [2.05, 4.69) is 0 Å². The van der Waals surface area contributed by atoms with Crippen LogP contribution < -0.4 is 10.5 Å². The van der Waals surface area contributed by atoms with E-state index in [0.29, 0.717) is 4.73 Å². The summed E-state index contributed by atoms with van der Waals surface area (Å²) in [5.41, 5.74) is 4.08. The third kappa shape index (κ3) is 3.46. The van der Waals surface area contributed by atoms with Crippen LogP contribution in [0.1, 0.15) is 21.5 Å². The summed E-state index contributed by atoms with van der Waals surface area (Å²) in [5.74, 6) is -0.936. The normalized spacial score (nSPS) is 11.4. The number of anilines is 1. The second-order valence-electron chi connectivity index (χ2n) is 5.67. The molecule has 0 spiro atoms. The van der Waals surface area contributed by atoms with Gasteiger partial charge in [0.05, 0.1) is 21.7 Å². The molecule has 1 aromatic heterocycles. The van der Waals surface area contributed by atoms with E-state index in [0.717, 1.165) is 24.4 Å². The summed E-state index contributed by atoms with van der Waals surface area (Å²) in [5, 5.41) is 12.4. The third-order valence-electron chi connectivity index (χ3n) is 3.99. The van der Waals surface area contributed by atoms with Gasteiger partial charge in [-0.3, -0.25) is 4.79 Å². The lowest BCUT2D eigenvalue weighted by Crippen LogP contribution is -2.31. The molecule has 3 aromatic rings. The summed E-state index contributed by atoms with van der Waals surface area (Å²) in [4.78, 5) is 12.8. The molecular formula is C19H12ClF3N2O2. The van der Waals surface area contributed by atoms with Crippen LogP contribution in [0.3, 0.4) is 0 Å². The molecule has 3 rings (SSSR count). The van der Waals surface area contributed by atoms with Crippen LogP contribution in [0.25, 0.3) is 11.3 Å². The van der Waals surface area contributed by atoms with Gasteiger partial charge in [-0.1, -0.05) is 41.9 Å². The first kappa shape index (κ1) is 18.7. The standard InChI is InChI=1S/C19H12ClF3N2O2/c20-15-8-4-2-6-12(15)17-16(24)13(9-10-25(17)27)18(26)11-5-1-3-7-14(11)19(21,22)23/h1-10H,24H2. The van der Waals surface area contributed by atoms with Gasteiger partial charge in [-0.15, -0.1) is 0 Å². The van der Waals surface area contributed by atoms with Crippen LogP contribution in [-0.4, -0.2) is 5.78 Å². The average Bonchev–Trinajstić information content (AvgIpc) is 2.62. The molecule has 0 amide bonds. The molecule has 2 aromatic carbocycles. The minimum absolute atomic E-state index is 0.101. The van der Waals surface area contributed by atoms with Crippen molar-refractivity contribution < 1.29 is 22.7 Å². The SMILES string of the molecule is Nc1c(C(=O)c2ccccc2C(F)(F)F)cc[n+]([O-])c1-c1ccccc1Cl. The molecule has 8 heteroatoms. The van der Waals surface area contributed by atoms with E-state index in [1.165, 1.54) is 24.3 Å². The molecule has 2 N–H and O–H groups in total. The molecule has 1 heterocycles. The van der Waals surface area contributed by atoms with Crippen molar-refractivity contribution in [1.82, 2.24) is 0 Å². The monoisotopic (exact) mass is 392 g/mol. The number of halogens is 4. The average molecular weight is 393 g/mol. The van der Waals surface area contributed by atoms with Gasteiger partial charge in [0.25, 0.3) is 0 Å². The third-order valence-corrected chi connectivity index (χ3v) is 4.32. The number of carbonyl (C=O) groups is 1. The molecule has 0 aliphatic rings. The Morgan fingerprint density at radius 1 is 1.00 bits per heavy atom. The van der Waals surface area contributed by atoms with Gasteiger partial charge in [-0.25, -0.2) is 0 Å². The van der Waals surface area contributed by atoms with Crippen molar-refractivity contribution in [3.05, 3.63) is 87.7 Å². The fourth-order valence-corrected chi connectivity index (χ4v) is 2.97. The molecule has 4 nitrogen and oxygen atoms in total. The van der Waals surface area contributed by atoms with Crippen molar-refractivity contribution in [3.8, 4) is 11.3 Å². The first-order chi connectivity index (χ1) is 12.7. The number of aromatic nitrogens is 1. The Kier molecular flexibility index (Phi) is 4.80. The maximum Gasteiger partial charge on any atom is 0.417 e. The van der Waals surface area contributed by atoms with Crippen molar-refractivity contribution in [1.29, 1.82) is 0 Å². The Balaban J connectivity index is 2.20.